The van der Waals surface area contributed by atoms with Crippen LogP contribution in [0.5, 0.6) is 0 Å². The summed E-state index contributed by atoms with van der Waals surface area (Å²) in [6, 6.07) is 15.7. The third-order valence-electron chi connectivity index (χ3n) is 3.85. The summed E-state index contributed by atoms with van der Waals surface area (Å²) in [6.07, 6.45) is 0. The Labute approximate surface area is 149 Å². The minimum absolute atomic E-state index is 0.0915. The van der Waals surface area contributed by atoms with Gasteiger partial charge < -0.3 is 9.80 Å². The molecule has 0 aromatic heterocycles. The normalized spacial score (nSPS) is 15.0. The Kier molecular flexibility index (Phi) is 4.88. The number of rotatable bonds is 2. The van der Waals surface area contributed by atoms with Gasteiger partial charge in [-0.3, -0.25) is 4.79 Å². The summed E-state index contributed by atoms with van der Waals surface area (Å²) in [7, 11) is 0. The van der Waals surface area contributed by atoms with E-state index in [4.69, 9.17) is 11.6 Å². The number of nitrogens with zero attached hydrogens (tertiary/aromatic N) is 2. The number of hydrogen-bond acceptors (Lipinski definition) is 2. The smallest absolute Gasteiger partial charge is 0.255 e. The number of anilines is 1. The first-order valence-electron chi connectivity index (χ1n) is 7.19. The molecule has 1 aliphatic heterocycles. The number of amides is 1. The van der Waals surface area contributed by atoms with Crippen LogP contribution in [0.25, 0.3) is 0 Å². The van der Waals surface area contributed by atoms with E-state index < -0.39 is 0 Å². The van der Waals surface area contributed by atoms with E-state index >= 15 is 0 Å². The van der Waals surface area contributed by atoms with E-state index in [0.29, 0.717) is 5.02 Å². The third-order valence-corrected chi connectivity index (χ3v) is 4.98. The number of para-hydroxylation sites is 1. The Morgan fingerprint density at radius 1 is 1.00 bits per heavy atom. The van der Waals surface area contributed by atoms with Gasteiger partial charge >= 0.3 is 0 Å². The first-order valence-corrected chi connectivity index (χ1v) is 8.65. The molecule has 1 fully saturated rings. The minimum atomic E-state index is 0.0915. The van der Waals surface area contributed by atoms with Crippen molar-refractivity contribution in [2.45, 2.75) is 0 Å². The van der Waals surface area contributed by atoms with Gasteiger partial charge in [-0.15, -0.1) is 0 Å². The lowest BCUT2D eigenvalue weighted by atomic mass is 10.1. The summed E-state index contributed by atoms with van der Waals surface area (Å²) < 4.78 is 0.903. The molecule has 0 saturated carbocycles. The number of carbonyl (C=O) groups excluding carboxylic acids is 1. The summed E-state index contributed by atoms with van der Waals surface area (Å²) in [5.74, 6) is 0.0915. The van der Waals surface area contributed by atoms with Crippen molar-refractivity contribution in [3.63, 3.8) is 0 Å². The fraction of sp³-hybridized carbons (Fsp3) is 0.235. The molecule has 0 bridgehead atoms. The fourth-order valence-electron chi connectivity index (χ4n) is 2.64. The van der Waals surface area contributed by atoms with Crippen molar-refractivity contribution < 1.29 is 4.79 Å². The van der Waals surface area contributed by atoms with E-state index in [0.717, 1.165) is 35.3 Å². The second-order valence-corrected chi connectivity index (χ2v) is 6.84. The predicted octanol–water partition coefficient (Wildman–Crippen LogP) is 3.91. The molecule has 3 rings (SSSR count). The van der Waals surface area contributed by atoms with Crippen LogP contribution in [0.2, 0.25) is 5.02 Å². The lowest BCUT2D eigenvalue weighted by Crippen LogP contribution is -2.48. The molecule has 22 heavy (non-hydrogen) atoms. The van der Waals surface area contributed by atoms with E-state index in [1.54, 1.807) is 6.07 Å². The van der Waals surface area contributed by atoms with Crippen LogP contribution < -0.4 is 4.90 Å². The van der Waals surface area contributed by atoms with Gasteiger partial charge in [0.25, 0.3) is 5.91 Å². The Bertz CT molecular complexity index is 670. The number of halogens is 2. The zero-order chi connectivity index (χ0) is 15.5. The Morgan fingerprint density at radius 3 is 2.32 bits per heavy atom. The molecule has 0 atom stereocenters. The van der Waals surface area contributed by atoms with Crippen molar-refractivity contribution in [2.75, 3.05) is 31.1 Å². The maximum absolute atomic E-state index is 12.6. The standard InChI is InChI=1S/C17H16ClIN2O/c18-13-6-7-15(16(19)12-13)17(22)21-10-8-20(9-11-21)14-4-2-1-3-5-14/h1-7,12H,8-11H2. The highest BCUT2D eigenvalue weighted by molar-refractivity contribution is 14.1. The van der Waals surface area contributed by atoms with Gasteiger partial charge in [0.15, 0.2) is 0 Å². The molecular weight excluding hydrogens is 411 g/mol. The van der Waals surface area contributed by atoms with E-state index in [9.17, 15) is 4.79 Å². The molecule has 1 aliphatic rings. The second-order valence-electron chi connectivity index (χ2n) is 5.24. The summed E-state index contributed by atoms with van der Waals surface area (Å²) in [6.45, 7) is 3.21. The third kappa shape index (κ3) is 3.38. The molecule has 0 unspecified atom stereocenters. The van der Waals surface area contributed by atoms with Crippen molar-refractivity contribution in [3.8, 4) is 0 Å². The molecule has 2 aromatic rings. The van der Waals surface area contributed by atoms with Gasteiger partial charge in [0.2, 0.25) is 0 Å². The highest BCUT2D eigenvalue weighted by Crippen LogP contribution is 2.21. The van der Waals surface area contributed by atoms with Crippen LogP contribution in [-0.2, 0) is 0 Å². The van der Waals surface area contributed by atoms with Crippen LogP contribution in [0, 0.1) is 3.57 Å². The molecule has 114 valence electrons. The summed E-state index contributed by atoms with van der Waals surface area (Å²) in [5, 5.41) is 0.662. The van der Waals surface area contributed by atoms with Crippen molar-refractivity contribution >= 4 is 45.8 Å². The molecule has 0 spiro atoms. The predicted molar refractivity (Wildman–Crippen MR) is 98.7 cm³/mol. The van der Waals surface area contributed by atoms with Crippen molar-refractivity contribution in [1.82, 2.24) is 4.90 Å². The maximum Gasteiger partial charge on any atom is 0.255 e. The fourth-order valence-corrected chi connectivity index (χ4v) is 3.74. The molecule has 0 radical (unpaired) electrons. The molecule has 1 saturated heterocycles. The second kappa shape index (κ2) is 6.87. The number of carbonyl (C=O) groups is 1. The van der Waals surface area contributed by atoms with Gasteiger partial charge in [0, 0.05) is 40.5 Å². The van der Waals surface area contributed by atoms with Gasteiger partial charge in [-0.2, -0.15) is 0 Å². The zero-order valence-corrected chi connectivity index (χ0v) is 14.9. The molecule has 0 aliphatic carbocycles. The molecule has 5 heteroatoms. The maximum atomic E-state index is 12.6. The molecule has 2 aromatic carbocycles. The largest absolute Gasteiger partial charge is 0.368 e. The Hall–Kier alpha value is -1.27. The van der Waals surface area contributed by atoms with E-state index in [-0.39, 0.29) is 5.91 Å². The van der Waals surface area contributed by atoms with Crippen LogP contribution in [0.3, 0.4) is 0 Å². The Morgan fingerprint density at radius 2 is 1.68 bits per heavy atom. The van der Waals surface area contributed by atoms with E-state index in [1.165, 1.54) is 5.69 Å². The topological polar surface area (TPSA) is 23.6 Å². The van der Waals surface area contributed by atoms with Crippen molar-refractivity contribution in [3.05, 3.63) is 62.7 Å². The van der Waals surface area contributed by atoms with Gasteiger partial charge in [0.1, 0.15) is 0 Å². The monoisotopic (exact) mass is 426 g/mol. The average Bonchev–Trinajstić information content (AvgIpc) is 2.55. The molecule has 1 heterocycles. The van der Waals surface area contributed by atoms with E-state index in [1.807, 2.05) is 35.2 Å². The van der Waals surface area contributed by atoms with Crippen LogP contribution in [0.15, 0.2) is 48.5 Å². The SMILES string of the molecule is O=C(c1ccc(Cl)cc1I)N1CCN(c2ccccc2)CC1. The van der Waals surface area contributed by atoms with Gasteiger partial charge in [-0.1, -0.05) is 29.8 Å². The number of benzene rings is 2. The Balaban J connectivity index is 1.67. The number of piperazine rings is 1. The molecule has 3 nitrogen and oxygen atoms in total. The highest BCUT2D eigenvalue weighted by atomic mass is 127. The van der Waals surface area contributed by atoms with Gasteiger partial charge in [-0.25, -0.2) is 0 Å². The number of hydrogen-bond donors (Lipinski definition) is 0. The summed E-state index contributed by atoms with van der Waals surface area (Å²) in [5.41, 5.74) is 1.95. The van der Waals surface area contributed by atoms with Crippen LogP contribution in [0.1, 0.15) is 10.4 Å². The van der Waals surface area contributed by atoms with Gasteiger partial charge in [0.05, 0.1) is 5.56 Å². The first kappa shape index (κ1) is 15.6. The van der Waals surface area contributed by atoms with Gasteiger partial charge in [-0.05, 0) is 52.9 Å². The highest BCUT2D eigenvalue weighted by Gasteiger charge is 2.23. The van der Waals surface area contributed by atoms with Crippen LogP contribution in [-0.4, -0.2) is 37.0 Å². The molecule has 0 N–H and O–H groups in total. The summed E-state index contributed by atoms with van der Waals surface area (Å²) in [4.78, 5) is 16.9. The van der Waals surface area contributed by atoms with Crippen LogP contribution in [0.4, 0.5) is 5.69 Å². The molecular formula is C17H16ClIN2O. The van der Waals surface area contributed by atoms with Crippen LogP contribution >= 0.6 is 34.2 Å². The van der Waals surface area contributed by atoms with Crippen molar-refractivity contribution in [1.29, 1.82) is 0 Å². The quantitative estimate of drug-likeness (QED) is 0.680. The van der Waals surface area contributed by atoms with Crippen molar-refractivity contribution in [2.24, 2.45) is 0 Å². The minimum Gasteiger partial charge on any atom is -0.368 e. The lowest BCUT2D eigenvalue weighted by Gasteiger charge is -2.36. The van der Waals surface area contributed by atoms with E-state index in [2.05, 4.69) is 39.6 Å². The summed E-state index contributed by atoms with van der Waals surface area (Å²) >= 11 is 8.13. The lowest BCUT2D eigenvalue weighted by molar-refractivity contribution is 0.0745. The molecule has 1 amide bonds. The average molecular weight is 427 g/mol. The first-order chi connectivity index (χ1) is 10.6. The zero-order valence-electron chi connectivity index (χ0n) is 12.0.